The first-order valence-corrected chi connectivity index (χ1v) is 11.6. The SMILES string of the molecule is Cc1sc2nc(CCC(=O)NC(CC(=O)OC(C)C)c3ccccc3[N+](=O)[O-])[nH]c(=O)c2c1C. The predicted molar refractivity (Wildman–Crippen MR) is 128 cm³/mol. The molecule has 1 amide bonds. The lowest BCUT2D eigenvalue weighted by Crippen LogP contribution is -2.32. The number of para-hydroxylation sites is 1. The van der Waals surface area contributed by atoms with E-state index in [2.05, 4.69) is 15.3 Å². The zero-order valence-corrected chi connectivity index (χ0v) is 20.2. The molecule has 11 heteroatoms. The Kier molecular flexibility index (Phi) is 7.77. The monoisotopic (exact) mass is 486 g/mol. The quantitative estimate of drug-likeness (QED) is 0.267. The van der Waals surface area contributed by atoms with Crippen LogP contribution >= 0.6 is 11.3 Å². The highest BCUT2D eigenvalue weighted by Gasteiger charge is 2.26. The van der Waals surface area contributed by atoms with E-state index >= 15 is 0 Å². The molecule has 0 radical (unpaired) electrons. The third-order valence-electron chi connectivity index (χ3n) is 5.26. The highest BCUT2D eigenvalue weighted by atomic mass is 32.1. The van der Waals surface area contributed by atoms with E-state index in [1.807, 2.05) is 13.8 Å². The second kappa shape index (κ2) is 10.6. The number of esters is 1. The fourth-order valence-corrected chi connectivity index (χ4v) is 4.63. The van der Waals surface area contributed by atoms with Crippen LogP contribution in [0.4, 0.5) is 5.69 Å². The molecular weight excluding hydrogens is 460 g/mol. The van der Waals surface area contributed by atoms with E-state index in [9.17, 15) is 24.5 Å². The lowest BCUT2D eigenvalue weighted by Gasteiger charge is -2.19. The highest BCUT2D eigenvalue weighted by Crippen LogP contribution is 2.28. The molecule has 0 aliphatic rings. The average Bonchev–Trinajstić information content (AvgIpc) is 3.05. The molecule has 2 heterocycles. The first kappa shape index (κ1) is 25.0. The highest BCUT2D eigenvalue weighted by molar-refractivity contribution is 7.18. The Morgan fingerprint density at radius 3 is 2.65 bits per heavy atom. The number of hydrogen-bond acceptors (Lipinski definition) is 8. The van der Waals surface area contributed by atoms with Gasteiger partial charge < -0.3 is 15.0 Å². The van der Waals surface area contributed by atoms with Crippen LogP contribution in [0.5, 0.6) is 0 Å². The first-order chi connectivity index (χ1) is 16.1. The van der Waals surface area contributed by atoms with Crippen LogP contribution in [0, 0.1) is 24.0 Å². The third-order valence-corrected chi connectivity index (χ3v) is 6.36. The van der Waals surface area contributed by atoms with E-state index in [0.29, 0.717) is 16.0 Å². The van der Waals surface area contributed by atoms with Crippen LogP contribution < -0.4 is 10.9 Å². The van der Waals surface area contributed by atoms with E-state index in [4.69, 9.17) is 4.74 Å². The van der Waals surface area contributed by atoms with Gasteiger partial charge in [0.15, 0.2) is 0 Å². The van der Waals surface area contributed by atoms with Gasteiger partial charge in [-0.1, -0.05) is 18.2 Å². The van der Waals surface area contributed by atoms with Gasteiger partial charge in [-0.2, -0.15) is 0 Å². The number of hydrogen-bond donors (Lipinski definition) is 2. The number of H-pyrrole nitrogens is 1. The van der Waals surface area contributed by atoms with Crippen LogP contribution in [0.1, 0.15) is 54.6 Å². The van der Waals surface area contributed by atoms with Crippen LogP contribution in [0.15, 0.2) is 29.1 Å². The fourth-order valence-electron chi connectivity index (χ4n) is 3.58. The molecule has 0 saturated carbocycles. The summed E-state index contributed by atoms with van der Waals surface area (Å²) in [4.78, 5) is 57.2. The zero-order chi connectivity index (χ0) is 25.0. The van der Waals surface area contributed by atoms with Gasteiger partial charge in [0.1, 0.15) is 10.7 Å². The molecule has 0 aliphatic carbocycles. The van der Waals surface area contributed by atoms with Crippen molar-refractivity contribution in [3.63, 3.8) is 0 Å². The fraction of sp³-hybridized carbons (Fsp3) is 0.391. The maximum atomic E-state index is 12.7. The minimum atomic E-state index is -0.947. The second-order valence-electron chi connectivity index (χ2n) is 8.15. The van der Waals surface area contributed by atoms with Gasteiger partial charge >= 0.3 is 5.97 Å². The van der Waals surface area contributed by atoms with Crippen LogP contribution in [-0.2, 0) is 20.7 Å². The maximum absolute atomic E-state index is 12.7. The molecule has 0 spiro atoms. The Bertz CT molecular complexity index is 1300. The van der Waals surface area contributed by atoms with Crippen molar-refractivity contribution >= 4 is 39.1 Å². The first-order valence-electron chi connectivity index (χ1n) is 10.8. The molecular formula is C23H26N4O6S. The summed E-state index contributed by atoms with van der Waals surface area (Å²) in [5.74, 6) is -0.657. The normalized spacial score (nSPS) is 12.0. The van der Waals surface area contributed by atoms with E-state index in [1.165, 1.54) is 29.5 Å². The number of fused-ring (bicyclic) bond motifs is 1. The number of aryl methyl sites for hydroxylation is 3. The van der Waals surface area contributed by atoms with Gasteiger partial charge in [-0.3, -0.25) is 24.5 Å². The Labute approximate surface area is 199 Å². The number of carbonyl (C=O) groups excluding carboxylic acids is 2. The van der Waals surface area contributed by atoms with Crippen LogP contribution in [0.25, 0.3) is 10.2 Å². The molecule has 3 rings (SSSR count). The number of thiophene rings is 1. The molecule has 0 fully saturated rings. The summed E-state index contributed by atoms with van der Waals surface area (Å²) < 4.78 is 5.17. The van der Waals surface area contributed by atoms with Gasteiger partial charge in [0, 0.05) is 23.8 Å². The van der Waals surface area contributed by atoms with Gasteiger partial charge in [0.05, 0.1) is 34.4 Å². The van der Waals surface area contributed by atoms with Crippen molar-refractivity contribution in [3.05, 3.63) is 66.6 Å². The van der Waals surface area contributed by atoms with Crippen LogP contribution in [-0.4, -0.2) is 32.9 Å². The smallest absolute Gasteiger partial charge is 0.308 e. The molecule has 1 aromatic carbocycles. The number of benzene rings is 1. The molecule has 3 aromatic rings. The standard InChI is InChI=1S/C23H26N4O6S/c1-12(2)33-20(29)11-16(15-7-5-6-8-17(15)27(31)32)24-19(28)10-9-18-25-22(30)21-13(3)14(4)34-23(21)26-18/h5-8,12,16H,9-11H2,1-4H3,(H,24,28)(H,25,26,30). The zero-order valence-electron chi connectivity index (χ0n) is 19.3. The van der Waals surface area contributed by atoms with Gasteiger partial charge in [-0.15, -0.1) is 11.3 Å². The number of ether oxygens (including phenoxy) is 1. The number of nitrogens with one attached hydrogen (secondary N) is 2. The van der Waals surface area contributed by atoms with Crippen molar-refractivity contribution in [3.8, 4) is 0 Å². The molecule has 1 unspecified atom stereocenters. The summed E-state index contributed by atoms with van der Waals surface area (Å²) in [6, 6.07) is 4.98. The minimum Gasteiger partial charge on any atom is -0.463 e. The summed E-state index contributed by atoms with van der Waals surface area (Å²) in [6.07, 6.45) is -0.498. The van der Waals surface area contributed by atoms with Gasteiger partial charge in [-0.25, -0.2) is 4.98 Å². The number of nitro groups is 1. The van der Waals surface area contributed by atoms with Crippen molar-refractivity contribution in [1.29, 1.82) is 0 Å². The molecule has 0 saturated heterocycles. The lowest BCUT2D eigenvalue weighted by molar-refractivity contribution is -0.385. The van der Waals surface area contributed by atoms with Gasteiger partial charge in [0.2, 0.25) is 5.91 Å². The average molecular weight is 487 g/mol. The molecule has 0 bridgehead atoms. The Hall–Kier alpha value is -3.60. The van der Waals surface area contributed by atoms with Crippen molar-refractivity contribution in [2.45, 2.75) is 59.1 Å². The number of carbonyl (C=O) groups is 2. The van der Waals surface area contributed by atoms with E-state index in [0.717, 1.165) is 10.4 Å². The largest absolute Gasteiger partial charge is 0.463 e. The van der Waals surface area contributed by atoms with Crippen molar-refractivity contribution < 1.29 is 19.2 Å². The van der Waals surface area contributed by atoms with E-state index < -0.39 is 22.8 Å². The number of aromatic amines is 1. The molecule has 1 atom stereocenters. The Morgan fingerprint density at radius 2 is 1.97 bits per heavy atom. The predicted octanol–water partition coefficient (Wildman–Crippen LogP) is 3.64. The summed E-state index contributed by atoms with van der Waals surface area (Å²) in [7, 11) is 0. The van der Waals surface area contributed by atoms with Crippen LogP contribution in [0.2, 0.25) is 0 Å². The van der Waals surface area contributed by atoms with E-state index in [1.54, 1.807) is 19.9 Å². The second-order valence-corrected chi connectivity index (χ2v) is 9.36. The molecule has 2 aromatic heterocycles. The lowest BCUT2D eigenvalue weighted by atomic mass is 10.0. The maximum Gasteiger partial charge on any atom is 0.308 e. The minimum absolute atomic E-state index is 0.0336. The van der Waals surface area contributed by atoms with Gasteiger partial charge in [-0.05, 0) is 33.3 Å². The summed E-state index contributed by atoms with van der Waals surface area (Å²) in [6.45, 7) is 7.17. The van der Waals surface area contributed by atoms with Gasteiger partial charge in [0.25, 0.3) is 11.2 Å². The third kappa shape index (κ3) is 5.84. The van der Waals surface area contributed by atoms with Crippen molar-refractivity contribution in [1.82, 2.24) is 15.3 Å². The summed E-state index contributed by atoms with van der Waals surface area (Å²) >= 11 is 1.42. The molecule has 34 heavy (non-hydrogen) atoms. The van der Waals surface area contributed by atoms with Crippen molar-refractivity contribution in [2.75, 3.05) is 0 Å². The Morgan fingerprint density at radius 1 is 1.26 bits per heavy atom. The van der Waals surface area contributed by atoms with Crippen molar-refractivity contribution in [2.24, 2.45) is 0 Å². The van der Waals surface area contributed by atoms with E-state index in [-0.39, 0.29) is 42.2 Å². The number of rotatable bonds is 9. The molecule has 2 N–H and O–H groups in total. The number of nitro benzene ring substituents is 1. The number of nitrogens with zero attached hydrogens (tertiary/aromatic N) is 2. The number of amides is 1. The topological polar surface area (TPSA) is 144 Å². The molecule has 0 aliphatic heterocycles. The molecule has 180 valence electrons. The van der Waals surface area contributed by atoms with Crippen LogP contribution in [0.3, 0.4) is 0 Å². The number of aromatic nitrogens is 2. The Balaban J connectivity index is 1.78. The summed E-state index contributed by atoms with van der Waals surface area (Å²) in [5, 5.41) is 14.7. The summed E-state index contributed by atoms with van der Waals surface area (Å²) in [5.41, 5.74) is 0.638. The molecule has 10 nitrogen and oxygen atoms in total.